The SMILES string of the molecule is CCC(=O)Nc1cccc(C(=O)N2Cc3cnnn3Cc3ccccc32)c1. The van der Waals surface area contributed by atoms with E-state index < -0.39 is 0 Å². The van der Waals surface area contributed by atoms with Crippen LogP contribution in [0.4, 0.5) is 11.4 Å². The molecule has 3 aromatic rings. The Hall–Kier alpha value is -3.48. The second-order valence-corrected chi connectivity index (χ2v) is 6.39. The molecule has 2 amide bonds. The van der Waals surface area contributed by atoms with Gasteiger partial charge in [0, 0.05) is 23.4 Å². The van der Waals surface area contributed by atoms with Gasteiger partial charge in [0.05, 0.1) is 25.0 Å². The van der Waals surface area contributed by atoms with Crippen LogP contribution in [0.5, 0.6) is 0 Å². The molecule has 1 aromatic heterocycles. The van der Waals surface area contributed by atoms with Gasteiger partial charge in [-0.2, -0.15) is 0 Å². The minimum Gasteiger partial charge on any atom is -0.326 e. The van der Waals surface area contributed by atoms with Crippen LogP contribution in [-0.2, 0) is 17.9 Å². The molecule has 2 aromatic carbocycles. The third-order valence-corrected chi connectivity index (χ3v) is 4.58. The molecule has 4 rings (SSSR count). The number of benzene rings is 2. The molecule has 2 heterocycles. The molecular formula is C20H19N5O2. The lowest BCUT2D eigenvalue weighted by molar-refractivity contribution is -0.115. The van der Waals surface area contributed by atoms with Gasteiger partial charge in [-0.3, -0.25) is 9.59 Å². The first kappa shape index (κ1) is 17.0. The van der Waals surface area contributed by atoms with E-state index in [-0.39, 0.29) is 11.8 Å². The van der Waals surface area contributed by atoms with Gasteiger partial charge in [-0.25, -0.2) is 4.68 Å². The van der Waals surface area contributed by atoms with Crippen molar-refractivity contribution in [3.8, 4) is 0 Å². The summed E-state index contributed by atoms with van der Waals surface area (Å²) in [5.74, 6) is -0.223. The van der Waals surface area contributed by atoms with Gasteiger partial charge in [0.2, 0.25) is 5.91 Å². The molecule has 136 valence electrons. The van der Waals surface area contributed by atoms with Crippen LogP contribution in [0.25, 0.3) is 0 Å². The lowest BCUT2D eigenvalue weighted by atomic mass is 10.1. The maximum absolute atomic E-state index is 13.3. The minimum absolute atomic E-state index is 0.0882. The summed E-state index contributed by atoms with van der Waals surface area (Å²) < 4.78 is 1.81. The van der Waals surface area contributed by atoms with E-state index in [0.29, 0.717) is 30.8 Å². The first-order valence-electron chi connectivity index (χ1n) is 8.82. The summed E-state index contributed by atoms with van der Waals surface area (Å²) in [7, 11) is 0. The Kier molecular flexibility index (Phi) is 4.42. The standard InChI is InChI=1S/C20H19N5O2/c1-2-19(26)22-16-8-5-7-14(10-16)20(27)24-13-17-11-21-23-25(17)12-15-6-3-4-9-18(15)24/h3-11H,2,12-13H2,1H3,(H,22,26). The highest BCUT2D eigenvalue weighted by Gasteiger charge is 2.25. The molecule has 1 N–H and O–H groups in total. The van der Waals surface area contributed by atoms with Crippen LogP contribution in [0.1, 0.15) is 35.0 Å². The number of fused-ring (bicyclic) bond motifs is 2. The number of para-hydroxylation sites is 1. The highest BCUT2D eigenvalue weighted by atomic mass is 16.2. The van der Waals surface area contributed by atoms with Gasteiger partial charge in [0.1, 0.15) is 0 Å². The molecule has 0 unspecified atom stereocenters. The van der Waals surface area contributed by atoms with Gasteiger partial charge in [0.25, 0.3) is 5.91 Å². The fourth-order valence-corrected chi connectivity index (χ4v) is 3.17. The van der Waals surface area contributed by atoms with Crippen molar-refractivity contribution in [2.45, 2.75) is 26.4 Å². The van der Waals surface area contributed by atoms with E-state index in [1.54, 1.807) is 42.3 Å². The molecular weight excluding hydrogens is 342 g/mol. The summed E-state index contributed by atoms with van der Waals surface area (Å²) in [6, 6.07) is 14.8. The molecule has 0 fully saturated rings. The molecule has 1 aliphatic rings. The Morgan fingerprint density at radius 1 is 1.11 bits per heavy atom. The Bertz CT molecular complexity index is 1010. The van der Waals surface area contributed by atoms with Crippen molar-refractivity contribution in [1.82, 2.24) is 15.0 Å². The van der Waals surface area contributed by atoms with Crippen LogP contribution in [0, 0.1) is 0 Å². The van der Waals surface area contributed by atoms with Crippen molar-refractivity contribution in [1.29, 1.82) is 0 Å². The quantitative estimate of drug-likeness (QED) is 0.778. The average Bonchev–Trinajstić information content (AvgIpc) is 3.06. The highest BCUT2D eigenvalue weighted by Crippen LogP contribution is 2.28. The number of nitrogens with zero attached hydrogens (tertiary/aromatic N) is 4. The third-order valence-electron chi connectivity index (χ3n) is 4.58. The first-order chi connectivity index (χ1) is 13.2. The minimum atomic E-state index is -0.135. The predicted octanol–water partition coefficient (Wildman–Crippen LogP) is 2.84. The first-order valence-corrected chi connectivity index (χ1v) is 8.82. The number of anilines is 2. The second-order valence-electron chi connectivity index (χ2n) is 6.39. The van der Waals surface area contributed by atoms with Crippen molar-refractivity contribution in [2.24, 2.45) is 0 Å². The summed E-state index contributed by atoms with van der Waals surface area (Å²) in [4.78, 5) is 26.7. The summed E-state index contributed by atoms with van der Waals surface area (Å²) in [5.41, 5.74) is 3.86. The van der Waals surface area contributed by atoms with Gasteiger partial charge >= 0.3 is 0 Å². The maximum Gasteiger partial charge on any atom is 0.258 e. The summed E-state index contributed by atoms with van der Waals surface area (Å²) in [6.07, 6.45) is 2.07. The average molecular weight is 361 g/mol. The Morgan fingerprint density at radius 2 is 1.96 bits per heavy atom. The topological polar surface area (TPSA) is 80.1 Å². The van der Waals surface area contributed by atoms with E-state index in [1.165, 1.54) is 0 Å². The number of rotatable bonds is 3. The number of nitrogens with one attached hydrogen (secondary N) is 1. The number of amides is 2. The smallest absolute Gasteiger partial charge is 0.258 e. The fraction of sp³-hybridized carbons (Fsp3) is 0.200. The fourth-order valence-electron chi connectivity index (χ4n) is 3.17. The maximum atomic E-state index is 13.3. The highest BCUT2D eigenvalue weighted by molar-refractivity contribution is 6.07. The lowest BCUT2D eigenvalue weighted by Crippen LogP contribution is -2.30. The van der Waals surface area contributed by atoms with E-state index in [4.69, 9.17) is 0 Å². The van der Waals surface area contributed by atoms with E-state index in [9.17, 15) is 9.59 Å². The summed E-state index contributed by atoms with van der Waals surface area (Å²) >= 11 is 0. The number of aromatic nitrogens is 3. The molecule has 0 bridgehead atoms. The van der Waals surface area contributed by atoms with Crippen molar-refractivity contribution in [3.63, 3.8) is 0 Å². The number of carbonyl (C=O) groups excluding carboxylic acids is 2. The van der Waals surface area contributed by atoms with E-state index in [2.05, 4.69) is 15.6 Å². The molecule has 0 radical (unpaired) electrons. The van der Waals surface area contributed by atoms with E-state index >= 15 is 0 Å². The predicted molar refractivity (Wildman–Crippen MR) is 101 cm³/mol. The zero-order chi connectivity index (χ0) is 18.8. The van der Waals surface area contributed by atoms with Crippen molar-refractivity contribution >= 4 is 23.2 Å². The van der Waals surface area contributed by atoms with Crippen LogP contribution in [0.3, 0.4) is 0 Å². The van der Waals surface area contributed by atoms with Crippen molar-refractivity contribution in [2.75, 3.05) is 10.2 Å². The van der Waals surface area contributed by atoms with Crippen molar-refractivity contribution < 1.29 is 9.59 Å². The number of hydrogen-bond donors (Lipinski definition) is 1. The molecule has 1 aliphatic heterocycles. The van der Waals surface area contributed by atoms with E-state index in [1.807, 2.05) is 28.9 Å². The van der Waals surface area contributed by atoms with Crippen LogP contribution in [0.15, 0.2) is 54.7 Å². The largest absolute Gasteiger partial charge is 0.326 e. The summed E-state index contributed by atoms with van der Waals surface area (Å²) in [5, 5.41) is 10.9. The summed E-state index contributed by atoms with van der Waals surface area (Å²) in [6.45, 7) is 2.74. The van der Waals surface area contributed by atoms with Gasteiger partial charge in [-0.1, -0.05) is 36.4 Å². The van der Waals surface area contributed by atoms with E-state index in [0.717, 1.165) is 16.9 Å². The van der Waals surface area contributed by atoms with Crippen LogP contribution >= 0.6 is 0 Å². The van der Waals surface area contributed by atoms with Gasteiger partial charge in [-0.05, 0) is 29.8 Å². The molecule has 0 saturated carbocycles. The molecule has 27 heavy (non-hydrogen) atoms. The molecule has 0 aliphatic carbocycles. The third kappa shape index (κ3) is 3.31. The Morgan fingerprint density at radius 3 is 2.81 bits per heavy atom. The monoisotopic (exact) mass is 361 g/mol. The zero-order valence-electron chi connectivity index (χ0n) is 14.9. The molecule has 7 heteroatoms. The molecule has 7 nitrogen and oxygen atoms in total. The second kappa shape index (κ2) is 7.03. The molecule has 0 saturated heterocycles. The lowest BCUT2D eigenvalue weighted by Gasteiger charge is -2.22. The normalized spacial score (nSPS) is 12.7. The van der Waals surface area contributed by atoms with Gasteiger partial charge < -0.3 is 10.2 Å². The van der Waals surface area contributed by atoms with Gasteiger partial charge in [-0.15, -0.1) is 5.10 Å². The number of hydrogen-bond acceptors (Lipinski definition) is 4. The zero-order valence-corrected chi connectivity index (χ0v) is 14.9. The van der Waals surface area contributed by atoms with Gasteiger partial charge in [0.15, 0.2) is 0 Å². The van der Waals surface area contributed by atoms with Crippen LogP contribution in [-0.4, -0.2) is 26.8 Å². The van der Waals surface area contributed by atoms with Crippen LogP contribution < -0.4 is 10.2 Å². The molecule has 0 atom stereocenters. The Labute approximate surface area is 156 Å². The molecule has 0 spiro atoms. The van der Waals surface area contributed by atoms with Crippen molar-refractivity contribution in [3.05, 3.63) is 71.5 Å². The Balaban J connectivity index is 1.71. The number of carbonyl (C=O) groups is 2. The van der Waals surface area contributed by atoms with Crippen LogP contribution in [0.2, 0.25) is 0 Å².